The van der Waals surface area contributed by atoms with Gasteiger partial charge in [-0.05, 0) is 25.0 Å². The van der Waals surface area contributed by atoms with E-state index in [0.29, 0.717) is 6.54 Å². The molecule has 1 heterocycles. The maximum Gasteiger partial charge on any atom is 0.327 e. The van der Waals surface area contributed by atoms with Crippen molar-refractivity contribution >= 4 is 11.4 Å². The second-order valence-corrected chi connectivity index (χ2v) is 3.91. The lowest BCUT2D eigenvalue weighted by Gasteiger charge is -2.12. The van der Waals surface area contributed by atoms with Crippen molar-refractivity contribution in [2.24, 2.45) is 0 Å². The molecule has 5 nitrogen and oxygen atoms in total. The van der Waals surface area contributed by atoms with Gasteiger partial charge in [-0.2, -0.15) is 4.39 Å². The van der Waals surface area contributed by atoms with Crippen molar-refractivity contribution in [1.29, 1.82) is 0 Å². The number of hydrogen-bond acceptors (Lipinski definition) is 4. The Balaban J connectivity index is 2.09. The van der Waals surface area contributed by atoms with E-state index in [1.54, 1.807) is 0 Å². The molecule has 92 valence electrons. The lowest BCUT2D eigenvalue weighted by Crippen LogP contribution is -2.19. The van der Waals surface area contributed by atoms with Crippen molar-refractivity contribution in [3.05, 3.63) is 34.1 Å². The van der Waals surface area contributed by atoms with Gasteiger partial charge in [-0.3, -0.25) is 10.1 Å². The zero-order chi connectivity index (χ0) is 12.3. The molecule has 0 saturated carbocycles. The lowest BCUT2D eigenvalue weighted by atomic mass is 10.2. The van der Waals surface area contributed by atoms with Crippen molar-refractivity contribution in [3.63, 3.8) is 0 Å². The van der Waals surface area contributed by atoms with Gasteiger partial charge in [0.15, 0.2) is 0 Å². The van der Waals surface area contributed by atoms with E-state index >= 15 is 0 Å². The number of anilines is 1. The van der Waals surface area contributed by atoms with Crippen LogP contribution in [0.1, 0.15) is 12.8 Å². The molecule has 1 aromatic rings. The number of nitrogens with one attached hydrogen (secondary N) is 1. The summed E-state index contributed by atoms with van der Waals surface area (Å²) >= 11 is 0. The highest BCUT2D eigenvalue weighted by Crippen LogP contribution is 2.27. The van der Waals surface area contributed by atoms with E-state index in [0.717, 1.165) is 25.5 Å². The minimum Gasteiger partial charge on any atom is -0.377 e. The van der Waals surface area contributed by atoms with Gasteiger partial charge in [-0.15, -0.1) is 0 Å². The quantitative estimate of drug-likeness (QED) is 0.648. The summed E-state index contributed by atoms with van der Waals surface area (Å²) in [4.78, 5) is 10.0. The highest BCUT2D eigenvalue weighted by atomic mass is 19.1. The third kappa shape index (κ3) is 2.71. The van der Waals surface area contributed by atoms with E-state index < -0.39 is 16.4 Å². The number of hydrogen-bond donors (Lipinski definition) is 1. The maximum atomic E-state index is 13.3. The molecule has 0 aliphatic carbocycles. The minimum absolute atomic E-state index is 0.0536. The van der Waals surface area contributed by atoms with Crippen LogP contribution in [-0.4, -0.2) is 24.2 Å². The number of rotatable bonds is 4. The summed E-state index contributed by atoms with van der Waals surface area (Å²) in [6.45, 7) is 1.18. The second kappa shape index (κ2) is 5.09. The van der Waals surface area contributed by atoms with Gasteiger partial charge in [0.05, 0.1) is 11.0 Å². The molecule has 0 amide bonds. The van der Waals surface area contributed by atoms with Gasteiger partial charge in [0.25, 0.3) is 0 Å². The van der Waals surface area contributed by atoms with E-state index in [-0.39, 0.29) is 11.8 Å². The van der Waals surface area contributed by atoms with Crippen LogP contribution in [0.3, 0.4) is 0 Å². The van der Waals surface area contributed by atoms with Crippen molar-refractivity contribution < 1.29 is 14.1 Å². The molecule has 0 aromatic heterocycles. The van der Waals surface area contributed by atoms with Crippen LogP contribution >= 0.6 is 0 Å². The number of ether oxygens (including phenoxy) is 1. The van der Waals surface area contributed by atoms with Crippen LogP contribution < -0.4 is 5.32 Å². The van der Waals surface area contributed by atoms with E-state index in [4.69, 9.17) is 4.74 Å². The van der Waals surface area contributed by atoms with Crippen LogP contribution in [-0.2, 0) is 4.74 Å². The molecule has 1 N–H and O–H groups in total. The highest BCUT2D eigenvalue weighted by molar-refractivity contribution is 5.61. The Hall–Kier alpha value is -1.69. The highest BCUT2D eigenvalue weighted by Gasteiger charge is 2.21. The fourth-order valence-electron chi connectivity index (χ4n) is 1.87. The average Bonchev–Trinajstić information content (AvgIpc) is 2.78. The summed E-state index contributed by atoms with van der Waals surface area (Å²) in [6.07, 6.45) is 1.98. The lowest BCUT2D eigenvalue weighted by molar-refractivity contribution is -0.386. The molecule has 0 spiro atoms. The summed E-state index contributed by atoms with van der Waals surface area (Å²) in [7, 11) is 0. The topological polar surface area (TPSA) is 64.4 Å². The number of nitrogens with zero attached hydrogens (tertiary/aromatic N) is 1. The van der Waals surface area contributed by atoms with Gasteiger partial charge >= 0.3 is 5.69 Å². The number of nitro benzene ring substituents is 1. The Kier molecular flexibility index (Phi) is 3.53. The van der Waals surface area contributed by atoms with E-state index in [9.17, 15) is 14.5 Å². The van der Waals surface area contributed by atoms with Gasteiger partial charge in [-0.1, -0.05) is 6.07 Å². The van der Waals surface area contributed by atoms with Crippen molar-refractivity contribution in [3.8, 4) is 0 Å². The minimum atomic E-state index is -0.827. The van der Waals surface area contributed by atoms with Crippen LogP contribution in [0.2, 0.25) is 0 Å². The van der Waals surface area contributed by atoms with E-state index in [2.05, 4.69) is 5.32 Å². The van der Waals surface area contributed by atoms with E-state index in [1.165, 1.54) is 12.1 Å². The Morgan fingerprint density at radius 1 is 1.59 bits per heavy atom. The fourth-order valence-corrected chi connectivity index (χ4v) is 1.87. The first-order valence-electron chi connectivity index (χ1n) is 5.47. The normalized spacial score (nSPS) is 19.2. The van der Waals surface area contributed by atoms with Crippen LogP contribution in [0.5, 0.6) is 0 Å². The monoisotopic (exact) mass is 240 g/mol. The summed E-state index contributed by atoms with van der Waals surface area (Å²) < 4.78 is 18.7. The van der Waals surface area contributed by atoms with Gasteiger partial charge < -0.3 is 10.1 Å². The van der Waals surface area contributed by atoms with Crippen LogP contribution in [0.25, 0.3) is 0 Å². The third-order valence-electron chi connectivity index (χ3n) is 2.71. The predicted octanol–water partition coefficient (Wildman–Crippen LogP) is 2.32. The molecule has 1 saturated heterocycles. The van der Waals surface area contributed by atoms with Gasteiger partial charge in [-0.25, -0.2) is 0 Å². The molecule has 1 aromatic carbocycles. The molecule has 1 aliphatic rings. The number of benzene rings is 1. The van der Waals surface area contributed by atoms with Crippen LogP contribution in [0.4, 0.5) is 15.8 Å². The Morgan fingerprint density at radius 3 is 3.06 bits per heavy atom. The third-order valence-corrected chi connectivity index (χ3v) is 2.71. The standard InChI is InChI=1S/C11H13FN2O3/c12-9-4-1-5-10(11(9)14(15)16)13-7-8-3-2-6-17-8/h1,4-5,8,13H,2-3,6-7H2. The Bertz CT molecular complexity index is 419. The predicted molar refractivity (Wildman–Crippen MR) is 60.5 cm³/mol. The smallest absolute Gasteiger partial charge is 0.327 e. The van der Waals surface area contributed by atoms with Crippen molar-refractivity contribution in [2.45, 2.75) is 18.9 Å². The molecule has 1 aliphatic heterocycles. The second-order valence-electron chi connectivity index (χ2n) is 3.91. The fraction of sp³-hybridized carbons (Fsp3) is 0.455. The molecular weight excluding hydrogens is 227 g/mol. The summed E-state index contributed by atoms with van der Waals surface area (Å²) in [5.41, 5.74) is -0.309. The first-order valence-corrected chi connectivity index (χ1v) is 5.47. The summed E-state index contributed by atoms with van der Waals surface area (Å²) in [6, 6.07) is 4.02. The SMILES string of the molecule is O=[N+]([O-])c1c(F)cccc1NCC1CCCO1. The molecule has 17 heavy (non-hydrogen) atoms. The largest absolute Gasteiger partial charge is 0.377 e. The Labute approximate surface area is 97.7 Å². The zero-order valence-corrected chi connectivity index (χ0v) is 9.19. The molecule has 0 bridgehead atoms. The molecule has 6 heteroatoms. The van der Waals surface area contributed by atoms with Gasteiger partial charge in [0.2, 0.25) is 5.82 Å². The van der Waals surface area contributed by atoms with Gasteiger partial charge in [0, 0.05) is 13.2 Å². The molecule has 2 rings (SSSR count). The molecule has 0 radical (unpaired) electrons. The number of halogens is 1. The zero-order valence-electron chi connectivity index (χ0n) is 9.19. The first-order chi connectivity index (χ1) is 8.18. The average molecular weight is 240 g/mol. The first kappa shape index (κ1) is 11.8. The molecule has 1 atom stereocenters. The van der Waals surface area contributed by atoms with Crippen molar-refractivity contribution in [2.75, 3.05) is 18.5 Å². The maximum absolute atomic E-state index is 13.3. The van der Waals surface area contributed by atoms with E-state index in [1.807, 2.05) is 0 Å². The van der Waals surface area contributed by atoms with Crippen LogP contribution in [0.15, 0.2) is 18.2 Å². The molecule has 1 unspecified atom stereocenters. The van der Waals surface area contributed by atoms with Gasteiger partial charge in [0.1, 0.15) is 5.69 Å². The number of para-hydroxylation sites is 1. The van der Waals surface area contributed by atoms with Crippen molar-refractivity contribution in [1.82, 2.24) is 0 Å². The van der Waals surface area contributed by atoms with Crippen LogP contribution in [0, 0.1) is 15.9 Å². The summed E-state index contributed by atoms with van der Waals surface area (Å²) in [5, 5.41) is 13.6. The number of nitro groups is 1. The summed E-state index contributed by atoms with van der Waals surface area (Å²) in [5.74, 6) is -0.827. The molecular formula is C11H13FN2O3. The Morgan fingerprint density at radius 2 is 2.41 bits per heavy atom. The molecule has 1 fully saturated rings.